The third kappa shape index (κ3) is 5.13. The van der Waals surface area contributed by atoms with Gasteiger partial charge in [0.15, 0.2) is 0 Å². The van der Waals surface area contributed by atoms with Gasteiger partial charge >= 0.3 is 6.09 Å². The zero-order valence-electron chi connectivity index (χ0n) is 22.8. The maximum Gasteiger partial charge on any atom is 0.413 e. The monoisotopic (exact) mass is 589 g/mol. The minimum absolute atomic E-state index is 0.0281. The zero-order valence-corrected chi connectivity index (χ0v) is 24.4. The number of amides is 2. The van der Waals surface area contributed by atoms with Gasteiger partial charge in [-0.2, -0.15) is 5.26 Å². The van der Waals surface area contributed by atoms with Crippen molar-refractivity contribution in [2.24, 2.45) is 9.36 Å². The van der Waals surface area contributed by atoms with Gasteiger partial charge in [0.2, 0.25) is 0 Å². The van der Waals surface area contributed by atoms with Crippen LogP contribution in [0.25, 0.3) is 0 Å². The minimum Gasteiger partial charge on any atom is -0.444 e. The van der Waals surface area contributed by atoms with Crippen molar-refractivity contribution in [1.29, 1.82) is 5.26 Å². The highest BCUT2D eigenvalue weighted by Crippen LogP contribution is 2.47. The number of amidine groups is 1. The molecule has 2 aliphatic heterocycles. The Morgan fingerprint density at radius 2 is 1.95 bits per heavy atom. The Bertz CT molecular complexity index is 1600. The number of nitrogens with zero attached hydrogens (tertiary/aromatic N) is 5. The van der Waals surface area contributed by atoms with Crippen molar-refractivity contribution in [2.45, 2.75) is 69.1 Å². The Labute approximate surface area is 236 Å². The van der Waals surface area contributed by atoms with Crippen LogP contribution in [-0.4, -0.2) is 54.2 Å². The maximum absolute atomic E-state index is 15.4. The zero-order chi connectivity index (χ0) is 29.7. The third-order valence-corrected chi connectivity index (χ3v) is 10.7. The van der Waals surface area contributed by atoms with Crippen molar-refractivity contribution < 1.29 is 22.9 Å². The maximum atomic E-state index is 15.4. The van der Waals surface area contributed by atoms with Crippen LogP contribution in [-0.2, 0) is 20.0 Å². The Hall–Kier alpha value is -3.63. The number of halogens is 2. The summed E-state index contributed by atoms with van der Waals surface area (Å²) in [6, 6.07) is 5.54. The molecule has 2 aliphatic rings. The van der Waals surface area contributed by atoms with Crippen molar-refractivity contribution in [3.63, 3.8) is 0 Å². The van der Waals surface area contributed by atoms with Crippen LogP contribution in [0.15, 0.2) is 33.8 Å². The van der Waals surface area contributed by atoms with Crippen molar-refractivity contribution >= 4 is 45.0 Å². The molecule has 0 saturated carbocycles. The summed E-state index contributed by atoms with van der Waals surface area (Å²) in [5, 5.41) is 13.4. The fourth-order valence-corrected chi connectivity index (χ4v) is 8.16. The number of ether oxygens (including phenoxy) is 1. The molecule has 0 radical (unpaired) electrons. The van der Waals surface area contributed by atoms with Gasteiger partial charge in [-0.15, -0.1) is 0 Å². The number of rotatable bonds is 3. The second-order valence-electron chi connectivity index (χ2n) is 11.1. The summed E-state index contributed by atoms with van der Waals surface area (Å²) in [6.07, 6.45) is 0.746. The van der Waals surface area contributed by atoms with Crippen LogP contribution in [0.1, 0.15) is 69.7 Å². The van der Waals surface area contributed by atoms with Gasteiger partial charge in [-0.05, 0) is 66.2 Å². The largest absolute Gasteiger partial charge is 0.444 e. The number of alkyl carbamates (subject to hydrolysis) is 1. The van der Waals surface area contributed by atoms with Crippen LogP contribution in [0.4, 0.5) is 15.0 Å². The number of aliphatic imine (C=N–C) groups is 1. The van der Waals surface area contributed by atoms with Crippen molar-refractivity contribution in [1.82, 2.24) is 15.3 Å². The molecule has 0 saturated heterocycles. The summed E-state index contributed by atoms with van der Waals surface area (Å²) in [5.41, 5.74) is -2.49. The first kappa shape index (κ1) is 29.4. The molecule has 4 heterocycles. The van der Waals surface area contributed by atoms with E-state index in [0.29, 0.717) is 6.42 Å². The van der Waals surface area contributed by atoms with Crippen molar-refractivity contribution in [3.8, 4) is 6.07 Å². The summed E-state index contributed by atoms with van der Waals surface area (Å²) in [7, 11) is -3.10. The first-order valence-electron chi connectivity index (χ1n) is 12.4. The molecule has 2 amide bonds. The van der Waals surface area contributed by atoms with Crippen LogP contribution in [0.5, 0.6) is 0 Å². The topological polar surface area (TPSA) is 159 Å². The number of fused-ring (bicyclic) bond motifs is 1. The number of pyridine rings is 2. The molecule has 0 spiro atoms. The van der Waals surface area contributed by atoms with E-state index in [-0.39, 0.29) is 40.2 Å². The highest BCUT2D eigenvalue weighted by Gasteiger charge is 2.58. The second kappa shape index (κ2) is 10.1. The lowest BCUT2D eigenvalue weighted by molar-refractivity contribution is 0.0560. The number of nitriles is 1. The first-order valence-corrected chi connectivity index (χ1v) is 14.3. The summed E-state index contributed by atoms with van der Waals surface area (Å²) < 4.78 is 38.5. The van der Waals surface area contributed by atoms with E-state index in [2.05, 4.69) is 25.0 Å². The number of anilines is 1. The molecule has 14 heteroatoms. The van der Waals surface area contributed by atoms with E-state index < -0.39 is 48.7 Å². The molecule has 0 bridgehead atoms. The lowest BCUT2D eigenvalue weighted by Gasteiger charge is -2.44. The van der Waals surface area contributed by atoms with E-state index in [1.54, 1.807) is 41.5 Å². The number of carbonyl (C=O) groups excluding carboxylic acids is 2. The van der Waals surface area contributed by atoms with Gasteiger partial charge < -0.3 is 10.1 Å². The van der Waals surface area contributed by atoms with E-state index >= 15 is 4.39 Å². The summed E-state index contributed by atoms with van der Waals surface area (Å²) >= 11 is 6.11. The Morgan fingerprint density at radius 1 is 1.25 bits per heavy atom. The van der Waals surface area contributed by atoms with Gasteiger partial charge in [0, 0.05) is 12.7 Å². The van der Waals surface area contributed by atoms with E-state index in [4.69, 9.17) is 26.6 Å². The quantitative estimate of drug-likeness (QED) is 0.530. The molecular weight excluding hydrogens is 561 g/mol. The minimum atomic E-state index is -3.10. The molecule has 0 aliphatic carbocycles. The molecule has 2 aromatic heterocycles. The molecule has 3 atom stereocenters. The average molecular weight is 590 g/mol. The third-order valence-electron chi connectivity index (χ3n) is 6.70. The van der Waals surface area contributed by atoms with Crippen molar-refractivity contribution in [2.75, 3.05) is 11.9 Å². The highest BCUT2D eigenvalue weighted by molar-refractivity contribution is 7.96. The molecule has 0 fully saturated rings. The number of hydrogen-bond donors (Lipinski definition) is 2. The summed E-state index contributed by atoms with van der Waals surface area (Å²) in [4.78, 5) is 38.6. The number of carbonyl (C=O) groups is 2. The molecular formula is C26H29ClFN7O4S. The van der Waals surface area contributed by atoms with Gasteiger partial charge in [0.25, 0.3) is 5.91 Å². The molecule has 0 unspecified atom stereocenters. The number of aromatic nitrogens is 2. The van der Waals surface area contributed by atoms with E-state index in [0.717, 1.165) is 6.07 Å². The van der Waals surface area contributed by atoms with Crippen LogP contribution in [0.2, 0.25) is 5.02 Å². The van der Waals surface area contributed by atoms with Crippen LogP contribution in [0, 0.1) is 17.1 Å². The van der Waals surface area contributed by atoms with E-state index in [1.807, 2.05) is 6.07 Å². The van der Waals surface area contributed by atoms with Crippen LogP contribution in [0.3, 0.4) is 0 Å². The lowest BCUT2D eigenvalue weighted by Crippen LogP contribution is -2.61. The fourth-order valence-electron chi connectivity index (χ4n) is 4.73. The van der Waals surface area contributed by atoms with Crippen LogP contribution < -0.4 is 10.6 Å². The summed E-state index contributed by atoms with van der Waals surface area (Å²) in [6.45, 7) is 10.3. The SMILES string of the molecule is CC(C)(C)OC(=O)NC1=N[C@](C)(c2nc(NC(=O)c3ncc(C#N)cc3Cl)ccc2F)[C@@H]2CCN=[S@]2(=O)C1(C)C. The van der Waals surface area contributed by atoms with Gasteiger partial charge in [0.05, 0.1) is 25.6 Å². The Morgan fingerprint density at radius 3 is 2.58 bits per heavy atom. The smallest absolute Gasteiger partial charge is 0.413 e. The lowest BCUT2D eigenvalue weighted by atomic mass is 9.89. The summed E-state index contributed by atoms with van der Waals surface area (Å²) in [5.74, 6) is -1.48. The standard InChI is InChI=1S/C26H29ClFN7O4S/c1-24(2,3)39-23(37)34-22-25(4,5)40(38)17(9-10-31-40)26(6,35-22)20-16(28)7-8-18(32-20)33-21(36)19-15(27)11-14(12-29)13-30-19/h7-8,11,13,17H,9-10H2,1-6H3,(H,32,33,36)(H,34,35,37)/t17-,26-,40+/m0/s1. The normalized spacial score (nSPS) is 25.1. The fraction of sp³-hybridized carbons (Fsp3) is 0.462. The van der Waals surface area contributed by atoms with Gasteiger partial charge in [-0.3, -0.25) is 15.1 Å². The highest BCUT2D eigenvalue weighted by atomic mass is 35.5. The average Bonchev–Trinajstić information content (AvgIpc) is 3.27. The van der Waals surface area contributed by atoms with Gasteiger partial charge in [0.1, 0.15) is 50.8 Å². The van der Waals surface area contributed by atoms with Gasteiger partial charge in [-0.25, -0.2) is 27.7 Å². The number of nitrogens with one attached hydrogen (secondary N) is 2. The molecule has 212 valence electrons. The number of hydrogen-bond acceptors (Lipinski definition) is 9. The van der Waals surface area contributed by atoms with E-state index in [9.17, 15) is 13.8 Å². The molecule has 40 heavy (non-hydrogen) atoms. The molecule has 0 aromatic carbocycles. The molecule has 2 aromatic rings. The predicted molar refractivity (Wildman–Crippen MR) is 148 cm³/mol. The molecule has 11 nitrogen and oxygen atoms in total. The van der Waals surface area contributed by atoms with Crippen LogP contribution >= 0.6 is 11.6 Å². The Balaban J connectivity index is 1.77. The molecule has 4 rings (SSSR count). The van der Waals surface area contributed by atoms with Gasteiger partial charge in [-0.1, -0.05) is 11.6 Å². The second-order valence-corrected chi connectivity index (χ2v) is 14.5. The molecule has 2 N–H and O–H groups in total. The Kier molecular flexibility index (Phi) is 7.40. The first-order chi connectivity index (χ1) is 18.5. The predicted octanol–water partition coefficient (Wildman–Crippen LogP) is 4.56. The van der Waals surface area contributed by atoms with Crippen molar-refractivity contribution in [3.05, 3.63) is 52.2 Å². The van der Waals surface area contributed by atoms with E-state index in [1.165, 1.54) is 18.3 Å².